The number of ether oxygens (including phenoxy) is 1. The van der Waals surface area contributed by atoms with Crippen LogP contribution >= 0.6 is 0 Å². The van der Waals surface area contributed by atoms with Crippen molar-refractivity contribution in [3.63, 3.8) is 0 Å². The highest BCUT2D eigenvalue weighted by atomic mass is 19.4. The number of nitrogens with zero attached hydrogens (tertiary/aromatic N) is 1. The Hall–Kier alpha value is -1.64. The second-order valence-electron chi connectivity index (χ2n) is 2.90. The Morgan fingerprint density at radius 2 is 2.00 bits per heavy atom. The van der Waals surface area contributed by atoms with Crippen LogP contribution < -0.4 is 10.5 Å². The number of aromatic nitrogens is 1. The smallest absolute Gasteiger partial charge is 0.506 e. The first-order valence-corrected chi connectivity index (χ1v) is 4.21. The lowest BCUT2D eigenvalue weighted by atomic mass is 10.2. The van der Waals surface area contributed by atoms with Gasteiger partial charge < -0.3 is 15.6 Å². The lowest BCUT2D eigenvalue weighted by Crippen LogP contribution is -2.20. The average molecular weight is 258 g/mol. The minimum Gasteiger partial charge on any atom is -0.506 e. The molecule has 0 spiro atoms. The molecule has 0 fully saturated rings. The van der Waals surface area contributed by atoms with Gasteiger partial charge in [0.1, 0.15) is 5.75 Å². The summed E-state index contributed by atoms with van der Waals surface area (Å²) in [5.74, 6) is -2.02. The second kappa shape index (κ2) is 4.70. The largest absolute Gasteiger partial charge is 0.574 e. The molecule has 0 unspecified atom stereocenters. The Labute approximate surface area is 91.8 Å². The number of halogens is 5. The molecule has 0 aliphatic rings. The van der Waals surface area contributed by atoms with Gasteiger partial charge in [-0.05, 0) is 6.07 Å². The SMILES string of the molecule is NCc1nc(OC(F)(F)F)c(C(F)F)cc1O. The van der Waals surface area contributed by atoms with Crippen LogP contribution in [0.25, 0.3) is 0 Å². The number of alkyl halides is 5. The van der Waals surface area contributed by atoms with Crippen LogP contribution in [-0.4, -0.2) is 16.5 Å². The van der Waals surface area contributed by atoms with Gasteiger partial charge >= 0.3 is 6.36 Å². The van der Waals surface area contributed by atoms with E-state index < -0.39 is 36.5 Å². The molecule has 1 aromatic rings. The van der Waals surface area contributed by atoms with E-state index in [-0.39, 0.29) is 5.69 Å². The third-order valence-corrected chi connectivity index (χ3v) is 1.71. The second-order valence-corrected chi connectivity index (χ2v) is 2.90. The molecule has 1 rings (SSSR count). The molecule has 3 N–H and O–H groups in total. The zero-order chi connectivity index (χ0) is 13.2. The van der Waals surface area contributed by atoms with Gasteiger partial charge in [-0.15, -0.1) is 13.2 Å². The van der Waals surface area contributed by atoms with Gasteiger partial charge in [0.25, 0.3) is 6.43 Å². The summed E-state index contributed by atoms with van der Waals surface area (Å²) in [6.45, 7) is -0.413. The molecule has 0 aromatic carbocycles. The van der Waals surface area contributed by atoms with Crippen LogP contribution in [-0.2, 0) is 6.54 Å². The van der Waals surface area contributed by atoms with E-state index in [0.29, 0.717) is 6.07 Å². The molecule has 4 nitrogen and oxygen atoms in total. The van der Waals surface area contributed by atoms with Crippen LogP contribution in [0.1, 0.15) is 17.7 Å². The minimum atomic E-state index is -5.15. The molecule has 0 aliphatic carbocycles. The molecule has 1 heterocycles. The number of nitrogens with two attached hydrogens (primary N) is 1. The van der Waals surface area contributed by atoms with Crippen LogP contribution in [0.5, 0.6) is 11.6 Å². The molecule has 96 valence electrons. The Bertz CT molecular complexity index is 408. The maximum Gasteiger partial charge on any atom is 0.574 e. The van der Waals surface area contributed by atoms with Crippen molar-refractivity contribution in [2.45, 2.75) is 19.3 Å². The molecule has 0 saturated heterocycles. The number of rotatable bonds is 3. The predicted octanol–water partition coefficient (Wildman–Crippen LogP) is 2.08. The molecule has 17 heavy (non-hydrogen) atoms. The van der Waals surface area contributed by atoms with Crippen molar-refractivity contribution in [3.05, 3.63) is 17.3 Å². The monoisotopic (exact) mass is 258 g/mol. The lowest BCUT2D eigenvalue weighted by molar-refractivity contribution is -0.276. The van der Waals surface area contributed by atoms with Crippen molar-refractivity contribution < 1.29 is 31.8 Å². The average Bonchev–Trinajstić information content (AvgIpc) is 2.17. The van der Waals surface area contributed by atoms with Gasteiger partial charge in [-0.1, -0.05) is 0 Å². The van der Waals surface area contributed by atoms with Crippen LogP contribution in [0.4, 0.5) is 22.0 Å². The van der Waals surface area contributed by atoms with Gasteiger partial charge in [0.2, 0.25) is 5.88 Å². The highest BCUT2D eigenvalue weighted by Gasteiger charge is 2.34. The van der Waals surface area contributed by atoms with Gasteiger partial charge in [-0.2, -0.15) is 0 Å². The number of hydrogen-bond donors (Lipinski definition) is 2. The third-order valence-electron chi connectivity index (χ3n) is 1.71. The molecule has 1 aromatic heterocycles. The number of pyridine rings is 1. The highest BCUT2D eigenvalue weighted by molar-refractivity contribution is 5.38. The summed E-state index contributed by atoms with van der Waals surface area (Å²) in [4.78, 5) is 3.10. The summed E-state index contributed by atoms with van der Waals surface area (Å²) in [7, 11) is 0. The standard InChI is InChI=1S/C8H7F5N2O2/c9-6(10)3-1-5(16)4(2-14)15-7(3)17-8(11,12)13/h1,6,16H,2,14H2. The van der Waals surface area contributed by atoms with Crippen LogP contribution in [0, 0.1) is 0 Å². The first kappa shape index (κ1) is 13.4. The highest BCUT2D eigenvalue weighted by Crippen LogP contribution is 2.34. The third kappa shape index (κ3) is 3.41. The van der Waals surface area contributed by atoms with Crippen molar-refractivity contribution >= 4 is 0 Å². The maximum absolute atomic E-state index is 12.4. The van der Waals surface area contributed by atoms with Crippen molar-refractivity contribution in [1.82, 2.24) is 4.98 Å². The Morgan fingerprint density at radius 3 is 2.41 bits per heavy atom. The summed E-state index contributed by atoms with van der Waals surface area (Å²) in [5.41, 5.74) is 3.54. The Morgan fingerprint density at radius 1 is 1.41 bits per heavy atom. The van der Waals surface area contributed by atoms with Crippen LogP contribution in [0.2, 0.25) is 0 Å². The van der Waals surface area contributed by atoms with E-state index in [4.69, 9.17) is 10.8 Å². The van der Waals surface area contributed by atoms with E-state index >= 15 is 0 Å². The summed E-state index contributed by atoms with van der Waals surface area (Å²) >= 11 is 0. The molecule has 9 heteroatoms. The molecule has 0 aliphatic heterocycles. The van der Waals surface area contributed by atoms with Crippen LogP contribution in [0.3, 0.4) is 0 Å². The molecule has 0 radical (unpaired) electrons. The van der Waals surface area contributed by atoms with E-state index in [1.807, 2.05) is 0 Å². The first-order valence-electron chi connectivity index (χ1n) is 4.21. The van der Waals surface area contributed by atoms with Gasteiger partial charge in [-0.3, -0.25) is 0 Å². The van der Waals surface area contributed by atoms with Gasteiger partial charge in [0.05, 0.1) is 11.3 Å². The van der Waals surface area contributed by atoms with Gasteiger partial charge in [-0.25, -0.2) is 13.8 Å². The zero-order valence-electron chi connectivity index (χ0n) is 8.13. The number of hydrogen-bond acceptors (Lipinski definition) is 4. The molecule has 0 bridgehead atoms. The van der Waals surface area contributed by atoms with E-state index in [0.717, 1.165) is 0 Å². The summed E-state index contributed by atoms with van der Waals surface area (Å²) in [6.07, 6.45) is -8.42. The molecular formula is C8H7F5N2O2. The maximum atomic E-state index is 12.4. The summed E-state index contributed by atoms with van der Waals surface area (Å²) in [6, 6.07) is 0.445. The van der Waals surface area contributed by atoms with Gasteiger partial charge in [0, 0.05) is 6.54 Å². The zero-order valence-corrected chi connectivity index (χ0v) is 8.13. The first-order chi connectivity index (χ1) is 7.74. The van der Waals surface area contributed by atoms with Crippen molar-refractivity contribution in [2.75, 3.05) is 0 Å². The fourth-order valence-electron chi connectivity index (χ4n) is 1.03. The van der Waals surface area contributed by atoms with Gasteiger partial charge in [0.15, 0.2) is 0 Å². The van der Waals surface area contributed by atoms with E-state index in [9.17, 15) is 22.0 Å². The quantitative estimate of drug-likeness (QED) is 0.814. The molecular weight excluding hydrogens is 251 g/mol. The van der Waals surface area contributed by atoms with Crippen molar-refractivity contribution in [2.24, 2.45) is 5.73 Å². The Kier molecular flexibility index (Phi) is 3.71. The molecule has 0 amide bonds. The summed E-state index contributed by atoms with van der Waals surface area (Å²) in [5, 5.41) is 9.15. The summed E-state index contributed by atoms with van der Waals surface area (Å²) < 4.78 is 63.9. The van der Waals surface area contributed by atoms with Crippen molar-refractivity contribution in [3.8, 4) is 11.6 Å². The van der Waals surface area contributed by atoms with Crippen molar-refractivity contribution in [1.29, 1.82) is 0 Å². The fourth-order valence-corrected chi connectivity index (χ4v) is 1.03. The fraction of sp³-hybridized carbons (Fsp3) is 0.375. The van der Waals surface area contributed by atoms with E-state index in [1.165, 1.54) is 0 Å². The normalized spacial score (nSPS) is 11.9. The molecule has 0 atom stereocenters. The Balaban J connectivity index is 3.24. The predicted molar refractivity (Wildman–Crippen MR) is 45.4 cm³/mol. The van der Waals surface area contributed by atoms with E-state index in [1.54, 1.807) is 0 Å². The van der Waals surface area contributed by atoms with Crippen LogP contribution in [0.15, 0.2) is 6.07 Å². The minimum absolute atomic E-state index is 0.367. The lowest BCUT2D eigenvalue weighted by Gasteiger charge is -2.13. The number of aromatic hydroxyl groups is 1. The topological polar surface area (TPSA) is 68.4 Å². The molecule has 0 saturated carbocycles. The van der Waals surface area contributed by atoms with E-state index in [2.05, 4.69) is 9.72 Å².